The van der Waals surface area contributed by atoms with Crippen LogP contribution in [-0.4, -0.2) is 48.5 Å². The fourth-order valence-electron chi connectivity index (χ4n) is 2.41. The predicted molar refractivity (Wildman–Crippen MR) is 76.9 cm³/mol. The molecule has 5 heteroatoms. The summed E-state index contributed by atoms with van der Waals surface area (Å²) in [5.74, 6) is 0. The molecule has 2 N–H and O–H groups in total. The number of nitrogens with two attached hydrogens (primary N) is 1. The van der Waals surface area contributed by atoms with Crippen LogP contribution in [0.3, 0.4) is 0 Å². The van der Waals surface area contributed by atoms with E-state index < -0.39 is 0 Å². The van der Waals surface area contributed by atoms with E-state index in [2.05, 4.69) is 30.8 Å². The van der Waals surface area contributed by atoms with Crippen molar-refractivity contribution in [3.8, 4) is 0 Å². The first-order valence-electron chi connectivity index (χ1n) is 6.73. The minimum atomic E-state index is 0.435. The third kappa shape index (κ3) is 2.91. The molecule has 1 aliphatic heterocycles. The Kier molecular flexibility index (Phi) is 4.72. The van der Waals surface area contributed by atoms with Crippen LogP contribution in [0, 0.1) is 0 Å². The molecule has 0 aromatic carbocycles. The van der Waals surface area contributed by atoms with Gasteiger partial charge in [-0.3, -0.25) is 4.90 Å². The number of hydrogen-bond acceptors (Lipinski definition) is 5. The van der Waals surface area contributed by atoms with Crippen molar-refractivity contribution in [1.29, 1.82) is 0 Å². The largest absolute Gasteiger partial charge is 0.326 e. The second kappa shape index (κ2) is 6.10. The smallest absolute Gasteiger partial charge is 0.112 e. The van der Waals surface area contributed by atoms with E-state index in [1.165, 1.54) is 15.6 Å². The number of thiazole rings is 1. The highest BCUT2D eigenvalue weighted by Crippen LogP contribution is 2.29. The van der Waals surface area contributed by atoms with Gasteiger partial charge in [-0.1, -0.05) is 13.3 Å². The summed E-state index contributed by atoms with van der Waals surface area (Å²) in [5, 5.41) is 1.24. The lowest BCUT2D eigenvalue weighted by molar-refractivity contribution is 0.115. The Bertz CT molecular complexity index is 390. The van der Waals surface area contributed by atoms with Crippen molar-refractivity contribution >= 4 is 11.3 Å². The van der Waals surface area contributed by atoms with Crippen molar-refractivity contribution in [2.45, 2.75) is 32.4 Å². The van der Waals surface area contributed by atoms with E-state index in [9.17, 15) is 0 Å². The molecule has 2 heterocycles. The molecule has 1 aromatic rings. The van der Waals surface area contributed by atoms with Gasteiger partial charge < -0.3 is 10.6 Å². The Morgan fingerprint density at radius 2 is 2.17 bits per heavy atom. The van der Waals surface area contributed by atoms with Gasteiger partial charge in [-0.05, 0) is 20.5 Å². The maximum absolute atomic E-state index is 5.83. The molecule has 0 aliphatic carbocycles. The fraction of sp³-hybridized carbons (Fsp3) is 0.769. The Labute approximate surface area is 114 Å². The summed E-state index contributed by atoms with van der Waals surface area (Å²) in [6.07, 6.45) is 2.19. The summed E-state index contributed by atoms with van der Waals surface area (Å²) in [6.45, 7) is 6.14. The second-order valence-corrected chi connectivity index (χ2v) is 6.25. The maximum atomic E-state index is 5.83. The quantitative estimate of drug-likeness (QED) is 0.898. The summed E-state index contributed by atoms with van der Waals surface area (Å²) < 4.78 is 0. The van der Waals surface area contributed by atoms with E-state index in [1.54, 1.807) is 0 Å². The van der Waals surface area contributed by atoms with E-state index in [0.717, 1.165) is 32.5 Å². The maximum Gasteiger partial charge on any atom is 0.112 e. The number of rotatable bonds is 4. The van der Waals surface area contributed by atoms with Gasteiger partial charge in [0.2, 0.25) is 0 Å². The standard InChI is InChI=1S/C13H24N4S/c1-4-5-10-12(8-14)18-13(15-10)11-9-16(2)6-7-17(11)3/h11H,4-9,14H2,1-3H3. The first-order chi connectivity index (χ1) is 8.65. The van der Waals surface area contributed by atoms with Crippen LogP contribution in [-0.2, 0) is 13.0 Å². The van der Waals surface area contributed by atoms with E-state index in [-0.39, 0.29) is 0 Å². The zero-order valence-corrected chi connectivity index (χ0v) is 12.5. The number of hydrogen-bond donors (Lipinski definition) is 1. The lowest BCUT2D eigenvalue weighted by Gasteiger charge is -2.36. The highest BCUT2D eigenvalue weighted by molar-refractivity contribution is 7.11. The lowest BCUT2D eigenvalue weighted by atomic mass is 10.2. The van der Waals surface area contributed by atoms with Crippen molar-refractivity contribution in [2.75, 3.05) is 33.7 Å². The summed E-state index contributed by atoms with van der Waals surface area (Å²) in [6, 6.07) is 0.435. The Hall–Kier alpha value is -0.490. The molecule has 0 bridgehead atoms. The molecule has 1 saturated heterocycles. The minimum absolute atomic E-state index is 0.435. The molecule has 0 spiro atoms. The molecule has 1 fully saturated rings. The molecule has 1 aromatic heterocycles. The molecular weight excluding hydrogens is 244 g/mol. The van der Waals surface area contributed by atoms with Gasteiger partial charge in [0.1, 0.15) is 5.01 Å². The van der Waals surface area contributed by atoms with Crippen LogP contribution >= 0.6 is 11.3 Å². The molecule has 0 amide bonds. The van der Waals surface area contributed by atoms with Gasteiger partial charge in [-0.25, -0.2) is 4.98 Å². The van der Waals surface area contributed by atoms with E-state index in [0.29, 0.717) is 12.6 Å². The zero-order valence-electron chi connectivity index (χ0n) is 11.6. The number of aryl methyl sites for hydroxylation is 1. The molecule has 1 unspecified atom stereocenters. The van der Waals surface area contributed by atoms with Gasteiger partial charge in [-0.2, -0.15) is 0 Å². The van der Waals surface area contributed by atoms with Crippen LogP contribution in [0.5, 0.6) is 0 Å². The monoisotopic (exact) mass is 268 g/mol. The Morgan fingerprint density at radius 1 is 1.39 bits per heavy atom. The average Bonchev–Trinajstić information content (AvgIpc) is 2.76. The normalized spacial score (nSPS) is 22.6. The second-order valence-electron chi connectivity index (χ2n) is 5.13. The SMILES string of the molecule is CCCc1nc(C2CN(C)CCN2C)sc1CN. The molecule has 4 nitrogen and oxygen atoms in total. The van der Waals surface area contributed by atoms with Crippen LogP contribution in [0.2, 0.25) is 0 Å². The van der Waals surface area contributed by atoms with Crippen LogP contribution in [0.25, 0.3) is 0 Å². The highest BCUT2D eigenvalue weighted by Gasteiger charge is 2.27. The van der Waals surface area contributed by atoms with Crippen molar-refractivity contribution in [3.05, 3.63) is 15.6 Å². The first kappa shape index (κ1) is 13.9. The van der Waals surface area contributed by atoms with E-state index in [1.807, 2.05) is 11.3 Å². The third-order valence-electron chi connectivity index (χ3n) is 3.60. The lowest BCUT2D eigenvalue weighted by Crippen LogP contribution is -2.44. The van der Waals surface area contributed by atoms with E-state index in [4.69, 9.17) is 10.7 Å². The average molecular weight is 268 g/mol. The zero-order chi connectivity index (χ0) is 13.1. The predicted octanol–water partition coefficient (Wildman–Crippen LogP) is 1.47. The first-order valence-corrected chi connectivity index (χ1v) is 7.54. The molecule has 1 aliphatic rings. The van der Waals surface area contributed by atoms with Gasteiger partial charge in [0.15, 0.2) is 0 Å². The van der Waals surface area contributed by atoms with Gasteiger partial charge >= 0.3 is 0 Å². The number of likely N-dealkylation sites (N-methyl/N-ethyl adjacent to an activating group) is 2. The minimum Gasteiger partial charge on any atom is -0.326 e. The number of aromatic nitrogens is 1. The van der Waals surface area contributed by atoms with E-state index >= 15 is 0 Å². The molecule has 1 atom stereocenters. The topological polar surface area (TPSA) is 45.4 Å². The molecule has 0 saturated carbocycles. The molecule has 18 heavy (non-hydrogen) atoms. The third-order valence-corrected chi connectivity index (χ3v) is 4.82. The van der Waals surface area contributed by atoms with Gasteiger partial charge in [0.25, 0.3) is 0 Å². The summed E-state index contributed by atoms with van der Waals surface area (Å²) >= 11 is 1.81. The van der Waals surface area contributed by atoms with Crippen molar-refractivity contribution < 1.29 is 0 Å². The van der Waals surface area contributed by atoms with Gasteiger partial charge in [-0.15, -0.1) is 11.3 Å². The van der Waals surface area contributed by atoms with Crippen molar-refractivity contribution in [2.24, 2.45) is 5.73 Å². The Morgan fingerprint density at radius 3 is 2.83 bits per heavy atom. The molecular formula is C13H24N4S. The molecule has 0 radical (unpaired) electrons. The van der Waals surface area contributed by atoms with Crippen LogP contribution < -0.4 is 5.73 Å². The summed E-state index contributed by atoms with van der Waals surface area (Å²) in [4.78, 5) is 10.9. The number of nitrogens with zero attached hydrogens (tertiary/aromatic N) is 3. The highest BCUT2D eigenvalue weighted by atomic mass is 32.1. The fourth-order valence-corrected chi connectivity index (χ4v) is 3.56. The number of piperazine rings is 1. The van der Waals surface area contributed by atoms with Crippen LogP contribution in [0.4, 0.5) is 0 Å². The van der Waals surface area contributed by atoms with Gasteiger partial charge in [0.05, 0.1) is 11.7 Å². The van der Waals surface area contributed by atoms with Crippen molar-refractivity contribution in [1.82, 2.24) is 14.8 Å². The van der Waals surface area contributed by atoms with Crippen molar-refractivity contribution in [3.63, 3.8) is 0 Å². The summed E-state index contributed by atoms with van der Waals surface area (Å²) in [5.41, 5.74) is 7.06. The van der Waals surface area contributed by atoms with Gasteiger partial charge in [0, 0.05) is 31.1 Å². The molecule has 2 rings (SSSR count). The summed E-state index contributed by atoms with van der Waals surface area (Å²) in [7, 11) is 4.38. The molecule has 102 valence electrons. The van der Waals surface area contributed by atoms with Crippen LogP contribution in [0.15, 0.2) is 0 Å². The van der Waals surface area contributed by atoms with Crippen LogP contribution in [0.1, 0.15) is 35.0 Å². The Balaban J connectivity index is 2.21.